The molecule has 0 aromatic heterocycles. The lowest BCUT2D eigenvalue weighted by molar-refractivity contribution is 0.0982. The lowest BCUT2D eigenvalue weighted by atomic mass is 10.1. The predicted molar refractivity (Wildman–Crippen MR) is 99.5 cm³/mol. The number of hydrogen-bond acceptors (Lipinski definition) is 5. The van der Waals surface area contributed by atoms with Gasteiger partial charge in [-0.3, -0.25) is 9.69 Å². The molecule has 0 saturated carbocycles. The molecule has 0 radical (unpaired) electrons. The van der Waals surface area contributed by atoms with E-state index in [0.717, 1.165) is 5.41 Å². The summed E-state index contributed by atoms with van der Waals surface area (Å²) < 4.78 is 34.5. The Morgan fingerprint density at radius 2 is 1.81 bits per heavy atom. The Labute approximate surface area is 152 Å². The second kappa shape index (κ2) is 7.21. The van der Waals surface area contributed by atoms with Crippen molar-refractivity contribution in [3.05, 3.63) is 65.6 Å². The predicted octanol–water partition coefficient (Wildman–Crippen LogP) is 2.66. The van der Waals surface area contributed by atoms with Gasteiger partial charge in [-0.25, -0.2) is 8.42 Å². The summed E-state index contributed by atoms with van der Waals surface area (Å²) in [5.74, 6) is 0.528. The maximum atomic E-state index is 13.2. The van der Waals surface area contributed by atoms with Gasteiger partial charge in [0.05, 0.1) is 31.7 Å². The van der Waals surface area contributed by atoms with Gasteiger partial charge in [0, 0.05) is 17.0 Å². The third-order valence-corrected chi connectivity index (χ3v) is 5.51. The highest BCUT2D eigenvalue weighted by Gasteiger charge is 2.33. The first-order valence-corrected chi connectivity index (χ1v) is 9.68. The number of anilines is 1. The quantitative estimate of drug-likeness (QED) is 0.806. The molecular formula is C19H19NO5S. The molecule has 1 amide bonds. The largest absolute Gasteiger partial charge is 0.497 e. The third-order valence-electron chi connectivity index (χ3n) is 4.13. The summed E-state index contributed by atoms with van der Waals surface area (Å²) in [5.41, 5.74) is 0.942. The van der Waals surface area contributed by atoms with Gasteiger partial charge in [0.25, 0.3) is 5.91 Å². The molecule has 7 heteroatoms. The number of carbonyl (C=O) groups excluding carboxylic acids is 1. The van der Waals surface area contributed by atoms with Crippen molar-refractivity contribution in [2.45, 2.75) is 6.04 Å². The van der Waals surface area contributed by atoms with Crippen LogP contribution in [0.1, 0.15) is 10.4 Å². The highest BCUT2D eigenvalue weighted by atomic mass is 32.2. The molecule has 3 rings (SSSR count). The highest BCUT2D eigenvalue weighted by molar-refractivity contribution is 7.94. The summed E-state index contributed by atoms with van der Waals surface area (Å²) >= 11 is 0. The van der Waals surface area contributed by atoms with Gasteiger partial charge in [0.15, 0.2) is 9.84 Å². The fourth-order valence-electron chi connectivity index (χ4n) is 2.86. The van der Waals surface area contributed by atoms with Crippen molar-refractivity contribution in [2.75, 3.05) is 24.9 Å². The fraction of sp³-hybridized carbons (Fsp3) is 0.211. The van der Waals surface area contributed by atoms with Crippen LogP contribution in [0.4, 0.5) is 5.69 Å². The molecule has 136 valence electrons. The zero-order chi connectivity index (χ0) is 18.7. The highest BCUT2D eigenvalue weighted by Crippen LogP contribution is 2.35. The van der Waals surface area contributed by atoms with Crippen LogP contribution in [0, 0.1) is 0 Å². The summed E-state index contributed by atoms with van der Waals surface area (Å²) in [4.78, 5) is 14.6. The molecule has 0 bridgehead atoms. The first-order chi connectivity index (χ1) is 12.4. The van der Waals surface area contributed by atoms with E-state index in [4.69, 9.17) is 9.47 Å². The second-order valence-corrected chi connectivity index (χ2v) is 7.74. The van der Waals surface area contributed by atoms with Crippen LogP contribution >= 0.6 is 0 Å². The van der Waals surface area contributed by atoms with E-state index in [-0.39, 0.29) is 11.7 Å². The van der Waals surface area contributed by atoms with Crippen molar-refractivity contribution in [1.29, 1.82) is 0 Å². The third kappa shape index (κ3) is 3.57. The molecule has 0 saturated heterocycles. The lowest BCUT2D eigenvalue weighted by Gasteiger charge is -2.29. The molecule has 0 spiro atoms. The van der Waals surface area contributed by atoms with E-state index in [2.05, 4.69) is 0 Å². The van der Waals surface area contributed by atoms with Crippen LogP contribution in [0.5, 0.6) is 11.5 Å². The van der Waals surface area contributed by atoms with Crippen LogP contribution in [0.3, 0.4) is 0 Å². The standard InChI is InChI=1S/C19H19NO5S/c1-24-16-8-9-17(18(12-16)25-2)20(15-10-11-26(22,23)13-15)19(21)14-6-4-3-5-7-14/h3-12,15H,13H2,1-2H3/t15-/m1/s1. The van der Waals surface area contributed by atoms with Gasteiger partial charge < -0.3 is 9.47 Å². The van der Waals surface area contributed by atoms with E-state index in [1.165, 1.54) is 25.2 Å². The van der Waals surface area contributed by atoms with Crippen molar-refractivity contribution in [3.63, 3.8) is 0 Å². The first-order valence-electron chi connectivity index (χ1n) is 7.97. The molecule has 0 N–H and O–H groups in total. The average Bonchev–Trinajstić information content (AvgIpc) is 3.02. The van der Waals surface area contributed by atoms with Crippen molar-refractivity contribution in [1.82, 2.24) is 0 Å². The van der Waals surface area contributed by atoms with Gasteiger partial charge in [0.1, 0.15) is 11.5 Å². The molecule has 2 aromatic carbocycles. The number of carbonyl (C=O) groups is 1. The molecule has 1 heterocycles. The van der Waals surface area contributed by atoms with Gasteiger partial charge in [-0.2, -0.15) is 0 Å². The summed E-state index contributed by atoms with van der Waals surface area (Å²) in [6.45, 7) is 0. The van der Waals surface area contributed by atoms with Crippen LogP contribution in [0.2, 0.25) is 0 Å². The minimum absolute atomic E-state index is 0.166. The maximum Gasteiger partial charge on any atom is 0.258 e. The monoisotopic (exact) mass is 373 g/mol. The molecule has 1 aliphatic heterocycles. The lowest BCUT2D eigenvalue weighted by Crippen LogP contribution is -2.41. The van der Waals surface area contributed by atoms with Gasteiger partial charge in [0.2, 0.25) is 0 Å². The summed E-state index contributed by atoms with van der Waals surface area (Å²) in [7, 11) is -0.310. The van der Waals surface area contributed by atoms with E-state index in [9.17, 15) is 13.2 Å². The van der Waals surface area contributed by atoms with Crippen molar-refractivity contribution in [3.8, 4) is 11.5 Å². The summed E-state index contributed by atoms with van der Waals surface area (Å²) in [5, 5.41) is 1.15. The van der Waals surface area contributed by atoms with Gasteiger partial charge in [-0.15, -0.1) is 0 Å². The van der Waals surface area contributed by atoms with Crippen LogP contribution in [0.15, 0.2) is 60.0 Å². The minimum Gasteiger partial charge on any atom is -0.497 e. The number of sulfone groups is 1. The summed E-state index contributed by atoms with van der Waals surface area (Å²) in [6.07, 6.45) is 1.53. The Morgan fingerprint density at radius 1 is 1.08 bits per heavy atom. The Kier molecular flexibility index (Phi) is 4.99. The van der Waals surface area contributed by atoms with Gasteiger partial charge >= 0.3 is 0 Å². The molecular weight excluding hydrogens is 354 g/mol. The van der Waals surface area contributed by atoms with E-state index in [0.29, 0.717) is 22.7 Å². The number of hydrogen-bond donors (Lipinski definition) is 0. The van der Waals surface area contributed by atoms with E-state index < -0.39 is 15.9 Å². The molecule has 0 unspecified atom stereocenters. The number of ether oxygens (including phenoxy) is 2. The normalized spacial score (nSPS) is 17.7. The maximum absolute atomic E-state index is 13.2. The smallest absolute Gasteiger partial charge is 0.258 e. The van der Waals surface area contributed by atoms with Crippen LogP contribution in [0.25, 0.3) is 0 Å². The fourth-order valence-corrected chi connectivity index (χ4v) is 4.13. The van der Waals surface area contributed by atoms with E-state index >= 15 is 0 Å². The van der Waals surface area contributed by atoms with Gasteiger partial charge in [-0.1, -0.05) is 18.2 Å². The van der Waals surface area contributed by atoms with Crippen molar-refractivity contribution in [2.24, 2.45) is 0 Å². The molecule has 0 aliphatic carbocycles. The molecule has 26 heavy (non-hydrogen) atoms. The number of rotatable bonds is 5. The van der Waals surface area contributed by atoms with E-state index in [1.54, 1.807) is 42.5 Å². The van der Waals surface area contributed by atoms with Crippen molar-refractivity contribution >= 4 is 21.4 Å². The number of benzene rings is 2. The second-order valence-electron chi connectivity index (χ2n) is 5.80. The Balaban J connectivity index is 2.10. The van der Waals surface area contributed by atoms with E-state index in [1.807, 2.05) is 6.07 Å². The topological polar surface area (TPSA) is 72.9 Å². The van der Waals surface area contributed by atoms with Crippen LogP contribution in [-0.4, -0.2) is 40.3 Å². The molecule has 0 fully saturated rings. The van der Waals surface area contributed by atoms with Crippen LogP contribution < -0.4 is 14.4 Å². The van der Waals surface area contributed by atoms with Crippen molar-refractivity contribution < 1.29 is 22.7 Å². The summed E-state index contributed by atoms with van der Waals surface area (Å²) in [6, 6.07) is 13.2. The minimum atomic E-state index is -3.34. The molecule has 1 aliphatic rings. The number of amides is 1. The zero-order valence-corrected chi connectivity index (χ0v) is 15.3. The van der Waals surface area contributed by atoms with Gasteiger partial charge in [-0.05, 0) is 30.3 Å². The number of nitrogens with zero attached hydrogens (tertiary/aromatic N) is 1. The number of methoxy groups -OCH3 is 2. The Hall–Kier alpha value is -2.80. The SMILES string of the molecule is COc1ccc(N(C(=O)c2ccccc2)[C@@H]2C=CS(=O)(=O)C2)c(OC)c1. The Bertz CT molecular complexity index is 938. The molecule has 6 nitrogen and oxygen atoms in total. The first kappa shape index (κ1) is 18.0. The zero-order valence-electron chi connectivity index (χ0n) is 14.5. The Morgan fingerprint density at radius 3 is 2.38 bits per heavy atom. The van der Waals surface area contributed by atoms with Crippen LogP contribution in [-0.2, 0) is 9.84 Å². The average molecular weight is 373 g/mol. The molecule has 1 atom stereocenters. The molecule has 2 aromatic rings.